The Labute approximate surface area is 115 Å². The van der Waals surface area contributed by atoms with Gasteiger partial charge in [-0.25, -0.2) is 17.9 Å². The van der Waals surface area contributed by atoms with Gasteiger partial charge in [0.2, 0.25) is 0 Å². The Bertz CT molecular complexity index is 642. The maximum Gasteiger partial charge on any atom is 0.161 e. The minimum atomic E-state index is -1.24. The third-order valence-electron chi connectivity index (χ3n) is 2.72. The first-order valence-electron chi connectivity index (χ1n) is 6.17. The quantitative estimate of drug-likeness (QED) is 0.858. The van der Waals surface area contributed by atoms with E-state index in [1.165, 1.54) is 0 Å². The zero-order valence-corrected chi connectivity index (χ0v) is 11.5. The van der Waals surface area contributed by atoms with Crippen molar-refractivity contribution in [3.05, 3.63) is 41.3 Å². The summed E-state index contributed by atoms with van der Waals surface area (Å²) >= 11 is 0. The molecule has 0 atom stereocenters. The van der Waals surface area contributed by atoms with Gasteiger partial charge in [-0.3, -0.25) is 0 Å². The summed E-state index contributed by atoms with van der Waals surface area (Å²) in [7, 11) is 0. The van der Waals surface area contributed by atoms with Gasteiger partial charge in [0, 0.05) is 18.2 Å². The Balaban J connectivity index is 2.46. The van der Waals surface area contributed by atoms with Gasteiger partial charge in [0.15, 0.2) is 17.5 Å². The number of rotatable bonds is 2. The lowest BCUT2D eigenvalue weighted by Gasteiger charge is -2.15. The number of nitrogens with two attached hydrogens (primary N) is 1. The summed E-state index contributed by atoms with van der Waals surface area (Å²) in [6.45, 7) is 6.08. The normalized spacial score (nSPS) is 11.9. The van der Waals surface area contributed by atoms with E-state index in [4.69, 9.17) is 5.73 Å². The smallest absolute Gasteiger partial charge is 0.161 e. The van der Waals surface area contributed by atoms with Crippen LogP contribution in [0.15, 0.2) is 18.2 Å². The fourth-order valence-electron chi connectivity index (χ4n) is 1.94. The fourth-order valence-corrected chi connectivity index (χ4v) is 1.94. The molecule has 2 aromatic rings. The molecular weight excluding hydrogens is 267 g/mol. The number of anilines is 1. The van der Waals surface area contributed by atoms with Gasteiger partial charge in [-0.05, 0) is 11.8 Å². The SMILES string of the molecule is CC(C)(C)Cc1cc(N)n(-c2cc(F)c(F)cc2F)n1. The van der Waals surface area contributed by atoms with Gasteiger partial charge in [-0.15, -0.1) is 0 Å². The van der Waals surface area contributed by atoms with E-state index in [1.807, 2.05) is 20.8 Å². The molecule has 0 fully saturated rings. The maximum absolute atomic E-state index is 13.7. The van der Waals surface area contributed by atoms with Gasteiger partial charge in [0.1, 0.15) is 11.5 Å². The first-order valence-corrected chi connectivity index (χ1v) is 6.17. The summed E-state index contributed by atoms with van der Waals surface area (Å²) < 4.78 is 41.0. The second kappa shape index (κ2) is 4.85. The number of nitrogens with zero attached hydrogens (tertiary/aromatic N) is 2. The first kappa shape index (κ1) is 14.4. The Morgan fingerprint density at radius 2 is 1.65 bits per heavy atom. The minimum absolute atomic E-state index is 0.0157. The molecule has 0 radical (unpaired) electrons. The van der Waals surface area contributed by atoms with Crippen molar-refractivity contribution in [2.75, 3.05) is 5.73 Å². The molecule has 1 heterocycles. The number of aromatic nitrogens is 2. The molecule has 0 aliphatic heterocycles. The number of hydrogen-bond acceptors (Lipinski definition) is 2. The monoisotopic (exact) mass is 283 g/mol. The van der Waals surface area contributed by atoms with Crippen LogP contribution < -0.4 is 5.73 Å². The highest BCUT2D eigenvalue weighted by atomic mass is 19.2. The van der Waals surface area contributed by atoms with Crippen molar-refractivity contribution < 1.29 is 13.2 Å². The molecule has 1 aromatic carbocycles. The van der Waals surface area contributed by atoms with Crippen molar-refractivity contribution in [2.24, 2.45) is 5.41 Å². The molecule has 0 aliphatic carbocycles. The first-order chi connectivity index (χ1) is 9.17. The van der Waals surface area contributed by atoms with E-state index in [1.54, 1.807) is 6.07 Å². The van der Waals surface area contributed by atoms with Crippen LogP contribution in [0.2, 0.25) is 0 Å². The number of nitrogen functional groups attached to an aromatic ring is 1. The highest BCUT2D eigenvalue weighted by Crippen LogP contribution is 2.24. The van der Waals surface area contributed by atoms with E-state index >= 15 is 0 Å². The van der Waals surface area contributed by atoms with Crippen LogP contribution in [-0.4, -0.2) is 9.78 Å². The average Bonchev–Trinajstić information content (AvgIpc) is 2.62. The Hall–Kier alpha value is -1.98. The summed E-state index contributed by atoms with van der Waals surface area (Å²) in [5, 5.41) is 4.16. The minimum Gasteiger partial charge on any atom is -0.384 e. The second-order valence-electron chi connectivity index (χ2n) is 5.93. The predicted octanol–water partition coefficient (Wildman–Crippen LogP) is 3.46. The van der Waals surface area contributed by atoms with Gasteiger partial charge in [0.05, 0.1) is 5.69 Å². The molecular formula is C14H16F3N3. The Morgan fingerprint density at radius 1 is 1.05 bits per heavy atom. The van der Waals surface area contributed by atoms with Gasteiger partial charge in [-0.2, -0.15) is 5.10 Å². The fraction of sp³-hybridized carbons (Fsp3) is 0.357. The van der Waals surface area contributed by atoms with E-state index in [2.05, 4.69) is 5.10 Å². The van der Waals surface area contributed by atoms with Crippen LogP contribution >= 0.6 is 0 Å². The molecule has 3 nitrogen and oxygen atoms in total. The maximum atomic E-state index is 13.7. The molecule has 2 rings (SSSR count). The van der Waals surface area contributed by atoms with Gasteiger partial charge in [-0.1, -0.05) is 20.8 Å². The lowest BCUT2D eigenvalue weighted by atomic mass is 9.91. The van der Waals surface area contributed by atoms with Crippen LogP contribution in [0.1, 0.15) is 26.5 Å². The molecule has 108 valence electrons. The van der Waals surface area contributed by atoms with Crippen molar-refractivity contribution >= 4 is 5.82 Å². The molecule has 2 N–H and O–H groups in total. The molecule has 20 heavy (non-hydrogen) atoms. The summed E-state index contributed by atoms with van der Waals surface area (Å²) in [6.07, 6.45) is 0.634. The summed E-state index contributed by atoms with van der Waals surface area (Å²) in [6, 6.07) is 2.83. The summed E-state index contributed by atoms with van der Waals surface area (Å²) in [5.74, 6) is -3.13. The number of benzene rings is 1. The van der Waals surface area contributed by atoms with E-state index in [0.717, 1.165) is 10.7 Å². The zero-order chi connectivity index (χ0) is 15.1. The zero-order valence-electron chi connectivity index (χ0n) is 11.5. The molecule has 0 saturated heterocycles. The Morgan fingerprint density at radius 3 is 2.25 bits per heavy atom. The largest absolute Gasteiger partial charge is 0.384 e. The molecule has 0 saturated carbocycles. The molecule has 0 spiro atoms. The third-order valence-corrected chi connectivity index (χ3v) is 2.72. The Kier molecular flexibility index (Phi) is 3.50. The van der Waals surface area contributed by atoms with Crippen molar-refractivity contribution in [3.8, 4) is 5.69 Å². The highest BCUT2D eigenvalue weighted by Gasteiger charge is 2.18. The van der Waals surface area contributed by atoms with Crippen LogP contribution in [0.5, 0.6) is 0 Å². The molecule has 0 unspecified atom stereocenters. The van der Waals surface area contributed by atoms with Crippen molar-refractivity contribution in [1.82, 2.24) is 9.78 Å². The van der Waals surface area contributed by atoms with Crippen molar-refractivity contribution in [1.29, 1.82) is 0 Å². The van der Waals surface area contributed by atoms with Gasteiger partial charge < -0.3 is 5.73 Å². The average molecular weight is 283 g/mol. The lowest BCUT2D eigenvalue weighted by Crippen LogP contribution is -2.10. The third kappa shape index (κ3) is 2.95. The van der Waals surface area contributed by atoms with Crippen LogP contribution in [0.4, 0.5) is 19.0 Å². The van der Waals surface area contributed by atoms with Gasteiger partial charge >= 0.3 is 0 Å². The number of hydrogen-bond donors (Lipinski definition) is 1. The van der Waals surface area contributed by atoms with E-state index in [9.17, 15) is 13.2 Å². The van der Waals surface area contributed by atoms with Crippen molar-refractivity contribution in [3.63, 3.8) is 0 Å². The topological polar surface area (TPSA) is 43.8 Å². The molecule has 1 aromatic heterocycles. The summed E-state index contributed by atoms with van der Waals surface area (Å²) in [4.78, 5) is 0. The van der Waals surface area contributed by atoms with E-state index in [-0.39, 0.29) is 16.9 Å². The van der Waals surface area contributed by atoms with Crippen molar-refractivity contribution in [2.45, 2.75) is 27.2 Å². The summed E-state index contributed by atoms with van der Waals surface area (Å²) in [5.41, 5.74) is 6.21. The lowest BCUT2D eigenvalue weighted by molar-refractivity contribution is 0.405. The molecule has 6 heteroatoms. The second-order valence-corrected chi connectivity index (χ2v) is 5.93. The predicted molar refractivity (Wildman–Crippen MR) is 71.0 cm³/mol. The molecule has 0 amide bonds. The van der Waals surface area contributed by atoms with E-state index < -0.39 is 17.5 Å². The van der Waals surface area contributed by atoms with E-state index in [0.29, 0.717) is 18.2 Å². The van der Waals surface area contributed by atoms with Crippen LogP contribution in [0.25, 0.3) is 5.69 Å². The standard InChI is InChI=1S/C14H16F3N3/c1-14(2,3)7-8-4-13(18)20(19-8)12-6-10(16)9(15)5-11(12)17/h4-6H,7,18H2,1-3H3. The highest BCUT2D eigenvalue weighted by molar-refractivity contribution is 5.44. The number of halogens is 3. The van der Waals surface area contributed by atoms with Gasteiger partial charge in [0.25, 0.3) is 0 Å². The van der Waals surface area contributed by atoms with Crippen LogP contribution in [0.3, 0.4) is 0 Å². The van der Waals surface area contributed by atoms with Crippen LogP contribution in [0, 0.1) is 22.9 Å². The molecule has 0 bridgehead atoms. The molecule has 0 aliphatic rings. The van der Waals surface area contributed by atoms with Crippen LogP contribution in [-0.2, 0) is 6.42 Å².